The summed E-state index contributed by atoms with van der Waals surface area (Å²) in [5.74, 6) is 1.01. The van der Waals surface area contributed by atoms with E-state index in [-0.39, 0.29) is 0 Å². The van der Waals surface area contributed by atoms with Gasteiger partial charge in [-0.15, -0.1) is 0 Å². The van der Waals surface area contributed by atoms with Gasteiger partial charge >= 0.3 is 0 Å². The van der Waals surface area contributed by atoms with Gasteiger partial charge in [0.15, 0.2) is 0 Å². The molecule has 0 unspecified atom stereocenters. The summed E-state index contributed by atoms with van der Waals surface area (Å²) in [6, 6.07) is 42.2. The van der Waals surface area contributed by atoms with E-state index in [9.17, 15) is 0 Å². The van der Waals surface area contributed by atoms with E-state index in [0.717, 1.165) is 11.9 Å². The zero-order valence-electron chi connectivity index (χ0n) is 19.1. The van der Waals surface area contributed by atoms with Gasteiger partial charge in [-0.1, -0.05) is 73.2 Å². The lowest BCUT2D eigenvalue weighted by Crippen LogP contribution is -2.32. The lowest BCUT2D eigenvalue weighted by molar-refractivity contribution is 0.155. The minimum atomic E-state index is -1.87. The minimum absolute atomic E-state index is 0.383. The Labute approximate surface area is 198 Å². The molecule has 1 nitrogen and oxygen atoms in total. The number of rotatable bonds is 7. The Hall–Kier alpha value is -2.89. The van der Waals surface area contributed by atoms with E-state index >= 15 is 0 Å². The molecular weight excluding hydrogens is 419 g/mol. The van der Waals surface area contributed by atoms with Gasteiger partial charge in [0.1, 0.15) is 28.9 Å². The molecule has 1 saturated carbocycles. The molecule has 5 rings (SSSR count). The Morgan fingerprint density at radius 1 is 0.545 bits per heavy atom. The molecule has 166 valence electrons. The van der Waals surface area contributed by atoms with Crippen molar-refractivity contribution in [2.75, 3.05) is 0 Å². The van der Waals surface area contributed by atoms with E-state index < -0.39 is 7.26 Å². The van der Waals surface area contributed by atoms with Crippen molar-refractivity contribution in [3.8, 4) is 5.75 Å². The third kappa shape index (κ3) is 4.90. The van der Waals surface area contributed by atoms with Crippen molar-refractivity contribution >= 4 is 23.2 Å². The highest BCUT2D eigenvalue weighted by Gasteiger charge is 2.45. The fraction of sp³-hybridized carbons (Fsp3) is 0.226. The van der Waals surface area contributed by atoms with Crippen molar-refractivity contribution in [3.63, 3.8) is 0 Å². The van der Waals surface area contributed by atoms with Gasteiger partial charge in [0.2, 0.25) is 0 Å². The first-order valence-corrected chi connectivity index (χ1v) is 14.1. The maximum atomic E-state index is 6.30. The third-order valence-electron chi connectivity index (χ3n) is 6.79. The van der Waals surface area contributed by atoms with Crippen LogP contribution in [0.2, 0.25) is 0 Å². The highest BCUT2D eigenvalue weighted by Crippen LogP contribution is 2.58. The maximum absolute atomic E-state index is 6.30. The van der Waals surface area contributed by atoms with E-state index in [4.69, 9.17) is 4.74 Å². The van der Waals surface area contributed by atoms with E-state index in [1.165, 1.54) is 53.6 Å². The second kappa shape index (κ2) is 10.4. The Morgan fingerprint density at radius 3 is 1.45 bits per heavy atom. The number of hydrogen-bond acceptors (Lipinski definition) is 1. The van der Waals surface area contributed by atoms with Crippen molar-refractivity contribution in [2.45, 2.75) is 44.4 Å². The van der Waals surface area contributed by atoms with Crippen LogP contribution < -0.4 is 20.7 Å². The van der Waals surface area contributed by atoms with Crippen molar-refractivity contribution in [1.29, 1.82) is 0 Å². The second-order valence-electron chi connectivity index (χ2n) is 9.00. The van der Waals surface area contributed by atoms with Crippen LogP contribution in [0.15, 0.2) is 115 Å². The van der Waals surface area contributed by atoms with E-state index in [1.54, 1.807) is 0 Å². The topological polar surface area (TPSA) is 9.23 Å². The molecule has 0 spiro atoms. The summed E-state index contributed by atoms with van der Waals surface area (Å²) >= 11 is 0. The summed E-state index contributed by atoms with van der Waals surface area (Å²) in [4.78, 5) is 0. The van der Waals surface area contributed by atoms with Crippen LogP contribution in [-0.2, 0) is 6.16 Å². The first kappa shape index (κ1) is 21.9. The summed E-state index contributed by atoms with van der Waals surface area (Å²) < 4.78 is 6.30. The number of hydrogen-bond donors (Lipinski definition) is 0. The van der Waals surface area contributed by atoms with Crippen LogP contribution in [0.4, 0.5) is 0 Å². The normalized spacial score (nSPS) is 14.7. The Balaban J connectivity index is 1.54. The van der Waals surface area contributed by atoms with Gasteiger partial charge in [-0.25, -0.2) is 0 Å². The largest absolute Gasteiger partial charge is 0.490 e. The molecule has 0 amide bonds. The van der Waals surface area contributed by atoms with Crippen molar-refractivity contribution < 1.29 is 4.74 Å². The maximum Gasteiger partial charge on any atom is 0.119 e. The molecule has 4 aromatic carbocycles. The Morgan fingerprint density at radius 2 is 1.00 bits per heavy atom. The average molecular weight is 452 g/mol. The SMILES string of the molecule is c1ccc([P+](Cc2ccc(OC3CCCCC3)cc2)(c2ccccc2)c2ccccc2)cc1. The second-order valence-corrected chi connectivity index (χ2v) is 12.5. The zero-order chi connectivity index (χ0) is 22.3. The molecule has 0 N–H and O–H groups in total. The summed E-state index contributed by atoms with van der Waals surface area (Å²) in [5, 5.41) is 4.26. The molecule has 2 heteroatoms. The van der Waals surface area contributed by atoms with Crippen LogP contribution >= 0.6 is 7.26 Å². The standard InChI is InChI=1S/C31H32OP/c1-5-13-27(14-6-1)32-28-23-21-26(22-24-28)25-33(29-15-7-2-8-16-29,30-17-9-3-10-18-30)31-19-11-4-12-20-31/h2-4,7-12,15-24,27H,1,5-6,13-14,25H2/q+1. The fourth-order valence-corrected chi connectivity index (χ4v) is 9.34. The quantitative estimate of drug-likeness (QED) is 0.278. The van der Waals surface area contributed by atoms with Crippen LogP contribution in [0.25, 0.3) is 0 Å². The Bertz CT molecular complexity index is 1020. The smallest absolute Gasteiger partial charge is 0.119 e. The Kier molecular flexibility index (Phi) is 6.89. The number of ether oxygens (including phenoxy) is 1. The van der Waals surface area contributed by atoms with Crippen LogP contribution in [0, 0.1) is 0 Å². The van der Waals surface area contributed by atoms with Crippen molar-refractivity contribution in [2.24, 2.45) is 0 Å². The van der Waals surface area contributed by atoms with Crippen LogP contribution in [0.1, 0.15) is 37.7 Å². The lowest BCUT2D eigenvalue weighted by Gasteiger charge is -2.28. The van der Waals surface area contributed by atoms with Crippen molar-refractivity contribution in [3.05, 3.63) is 121 Å². The molecule has 33 heavy (non-hydrogen) atoms. The van der Waals surface area contributed by atoms with E-state index in [1.807, 2.05) is 0 Å². The highest BCUT2D eigenvalue weighted by atomic mass is 31.2. The van der Waals surface area contributed by atoms with Gasteiger partial charge in [-0.2, -0.15) is 0 Å². The molecule has 1 aliphatic rings. The van der Waals surface area contributed by atoms with Crippen LogP contribution in [0.5, 0.6) is 5.75 Å². The molecule has 0 radical (unpaired) electrons. The summed E-state index contributed by atoms with van der Waals surface area (Å²) in [7, 11) is -1.87. The minimum Gasteiger partial charge on any atom is -0.490 e. The van der Waals surface area contributed by atoms with Gasteiger partial charge in [0.05, 0.1) is 12.3 Å². The average Bonchev–Trinajstić information content (AvgIpc) is 2.90. The molecule has 0 aromatic heterocycles. The van der Waals surface area contributed by atoms with E-state index in [0.29, 0.717) is 6.10 Å². The summed E-state index contributed by atoms with van der Waals surface area (Å²) in [6.07, 6.45) is 7.69. The van der Waals surface area contributed by atoms with Gasteiger partial charge in [-0.3, -0.25) is 0 Å². The monoisotopic (exact) mass is 451 g/mol. The van der Waals surface area contributed by atoms with Gasteiger partial charge in [0, 0.05) is 0 Å². The molecule has 0 atom stereocenters. The van der Waals surface area contributed by atoms with E-state index in [2.05, 4.69) is 115 Å². The van der Waals surface area contributed by atoms with Gasteiger partial charge in [-0.05, 0) is 79.8 Å². The van der Waals surface area contributed by atoms with Gasteiger partial charge < -0.3 is 4.74 Å². The molecule has 0 aliphatic heterocycles. The predicted octanol–water partition coefficient (Wildman–Crippen LogP) is 6.89. The molecule has 1 aliphatic carbocycles. The predicted molar refractivity (Wildman–Crippen MR) is 143 cm³/mol. The molecular formula is C31H32OP+. The lowest BCUT2D eigenvalue weighted by atomic mass is 9.98. The molecule has 0 bridgehead atoms. The summed E-state index contributed by atoms with van der Waals surface area (Å²) in [5.41, 5.74) is 1.36. The van der Waals surface area contributed by atoms with Crippen LogP contribution in [-0.4, -0.2) is 6.10 Å². The third-order valence-corrected chi connectivity index (χ3v) is 11.2. The fourth-order valence-electron chi connectivity index (χ4n) is 5.09. The molecule has 1 fully saturated rings. The molecule has 0 saturated heterocycles. The first-order valence-electron chi connectivity index (χ1n) is 12.2. The summed E-state index contributed by atoms with van der Waals surface area (Å²) in [6.45, 7) is 0. The first-order chi connectivity index (χ1) is 16.3. The molecule has 0 heterocycles. The zero-order valence-corrected chi connectivity index (χ0v) is 20.0. The number of benzene rings is 4. The van der Waals surface area contributed by atoms with Gasteiger partial charge in [0.25, 0.3) is 0 Å². The van der Waals surface area contributed by atoms with Crippen molar-refractivity contribution in [1.82, 2.24) is 0 Å². The highest BCUT2D eigenvalue weighted by molar-refractivity contribution is 7.95. The molecule has 4 aromatic rings. The van der Waals surface area contributed by atoms with Crippen LogP contribution in [0.3, 0.4) is 0 Å².